The van der Waals surface area contributed by atoms with E-state index in [0.717, 1.165) is 0 Å². The van der Waals surface area contributed by atoms with Gasteiger partial charge in [0.05, 0.1) is 12.5 Å². The Hall–Kier alpha value is 0.700. The van der Waals surface area contributed by atoms with Crippen molar-refractivity contribution in [1.29, 1.82) is 0 Å². The van der Waals surface area contributed by atoms with Crippen LogP contribution in [0.1, 0.15) is 6.92 Å². The summed E-state index contributed by atoms with van der Waals surface area (Å²) < 4.78 is 0. The zero-order chi connectivity index (χ0) is 5.70. The number of hydrogen-bond acceptors (Lipinski definition) is 1. The lowest BCUT2D eigenvalue weighted by molar-refractivity contribution is 1.53. The fraction of sp³-hybridized carbons (Fsp3) is 1.00. The minimum atomic E-state index is 0.648. The van der Waals surface area contributed by atoms with Gasteiger partial charge in [0.15, 0.2) is 5.08 Å². The Morgan fingerprint density at radius 3 is 2.14 bits per heavy atom. The lowest BCUT2D eigenvalue weighted by Crippen LogP contribution is -1.96. The largest absolute Gasteiger partial charge is 0.153 e. The maximum atomic E-state index is 2.28. The van der Waals surface area contributed by atoms with Crippen molar-refractivity contribution in [2.45, 2.75) is 6.92 Å². The van der Waals surface area contributed by atoms with Crippen molar-refractivity contribution in [3.8, 4) is 0 Å². The third kappa shape index (κ3) is 6.70. The van der Waals surface area contributed by atoms with Gasteiger partial charge in [-0.1, -0.05) is 6.92 Å². The summed E-state index contributed by atoms with van der Waals surface area (Å²) in [6.45, 7) is 2.21. The molecule has 0 fully saturated rings. The van der Waals surface area contributed by atoms with E-state index in [1.165, 1.54) is 10.8 Å². The molecule has 7 heavy (non-hydrogen) atoms. The van der Waals surface area contributed by atoms with Crippen molar-refractivity contribution in [1.82, 2.24) is 0 Å². The van der Waals surface area contributed by atoms with Gasteiger partial charge in [0, 0.05) is 0 Å². The molecule has 0 aliphatic carbocycles. The molecule has 0 nitrogen and oxygen atoms in total. The summed E-state index contributed by atoms with van der Waals surface area (Å²) in [5.41, 5.74) is 0. The third-order valence-electron chi connectivity index (χ3n) is 0.523. The first-order valence-electron chi connectivity index (χ1n) is 2.39. The first-order valence-corrected chi connectivity index (χ1v) is 5.75. The van der Waals surface area contributed by atoms with E-state index in [2.05, 4.69) is 19.4 Å². The van der Waals surface area contributed by atoms with Crippen molar-refractivity contribution in [3.05, 3.63) is 0 Å². The molecule has 0 unspecified atom stereocenters. The van der Waals surface area contributed by atoms with Crippen molar-refractivity contribution in [2.75, 3.05) is 23.3 Å². The SMILES string of the molecule is CCSC[S+](C)C. The predicted molar refractivity (Wildman–Crippen MR) is 42.2 cm³/mol. The summed E-state index contributed by atoms with van der Waals surface area (Å²) in [5.74, 6) is 1.27. The molecule has 0 heterocycles. The fourth-order valence-corrected chi connectivity index (χ4v) is 2.25. The zero-order valence-electron chi connectivity index (χ0n) is 5.23. The molecule has 0 saturated carbocycles. The Kier molecular flexibility index (Phi) is 5.33. The van der Waals surface area contributed by atoms with Crippen LogP contribution in [0.5, 0.6) is 0 Å². The quantitative estimate of drug-likeness (QED) is 0.532. The van der Waals surface area contributed by atoms with Crippen LogP contribution in [0.15, 0.2) is 0 Å². The van der Waals surface area contributed by atoms with Gasteiger partial charge in [-0.25, -0.2) is 0 Å². The molecular weight excluding hydrogens is 124 g/mol. The van der Waals surface area contributed by atoms with E-state index in [1.807, 2.05) is 11.8 Å². The second-order valence-corrected chi connectivity index (χ2v) is 5.50. The smallest absolute Gasteiger partial charge is 0.109 e. The minimum absolute atomic E-state index is 0.648. The molecule has 0 bridgehead atoms. The Labute approximate surface area is 53.4 Å². The number of hydrogen-bond donors (Lipinski definition) is 0. The highest BCUT2D eigenvalue weighted by Gasteiger charge is 1.97. The molecule has 0 aromatic rings. The van der Waals surface area contributed by atoms with Gasteiger partial charge < -0.3 is 0 Å². The molecular formula is C5H13S2+. The van der Waals surface area contributed by atoms with E-state index in [-0.39, 0.29) is 0 Å². The highest BCUT2D eigenvalue weighted by Crippen LogP contribution is 2.01. The maximum absolute atomic E-state index is 2.28. The molecule has 0 aromatic heterocycles. The molecule has 0 aliphatic heterocycles. The van der Waals surface area contributed by atoms with Gasteiger partial charge >= 0.3 is 0 Å². The van der Waals surface area contributed by atoms with Crippen LogP contribution >= 0.6 is 11.8 Å². The Bertz CT molecular complexity index is 35.1. The molecule has 0 spiro atoms. The van der Waals surface area contributed by atoms with Gasteiger partial charge in [-0.15, -0.1) is 11.8 Å². The standard InChI is InChI=1S/C5H13S2/c1-4-6-5-7(2)3/h4-5H2,1-3H3/q+1. The van der Waals surface area contributed by atoms with Crippen LogP contribution in [0.3, 0.4) is 0 Å². The Morgan fingerprint density at radius 2 is 2.00 bits per heavy atom. The summed E-state index contributed by atoms with van der Waals surface area (Å²) in [7, 11) is 0.648. The van der Waals surface area contributed by atoms with E-state index in [1.54, 1.807) is 0 Å². The van der Waals surface area contributed by atoms with Gasteiger partial charge in [-0.2, -0.15) is 0 Å². The van der Waals surface area contributed by atoms with Gasteiger partial charge in [0.2, 0.25) is 0 Å². The number of rotatable bonds is 3. The van der Waals surface area contributed by atoms with Crippen LogP contribution in [0.4, 0.5) is 0 Å². The summed E-state index contributed by atoms with van der Waals surface area (Å²) >= 11 is 2.03. The predicted octanol–water partition coefficient (Wildman–Crippen LogP) is 1.57. The van der Waals surface area contributed by atoms with Crippen molar-refractivity contribution < 1.29 is 0 Å². The van der Waals surface area contributed by atoms with Gasteiger partial charge in [-0.3, -0.25) is 0 Å². The molecule has 44 valence electrons. The van der Waals surface area contributed by atoms with Gasteiger partial charge in [0.25, 0.3) is 0 Å². The van der Waals surface area contributed by atoms with Crippen LogP contribution in [-0.2, 0) is 10.9 Å². The second-order valence-electron chi connectivity index (χ2n) is 1.60. The van der Waals surface area contributed by atoms with E-state index < -0.39 is 0 Å². The Balaban J connectivity index is 2.68. The Morgan fingerprint density at radius 1 is 1.43 bits per heavy atom. The van der Waals surface area contributed by atoms with Crippen molar-refractivity contribution in [2.24, 2.45) is 0 Å². The molecule has 0 amide bonds. The fourth-order valence-electron chi connectivity index (χ4n) is 0.250. The topological polar surface area (TPSA) is 0 Å². The molecule has 0 aromatic carbocycles. The maximum Gasteiger partial charge on any atom is 0.153 e. The number of thioether (sulfide) groups is 1. The highest BCUT2D eigenvalue weighted by molar-refractivity contribution is 8.13. The summed E-state index contributed by atoms with van der Waals surface area (Å²) in [5, 5.41) is 1.34. The molecule has 0 rings (SSSR count). The molecule has 0 N–H and O–H groups in total. The zero-order valence-corrected chi connectivity index (χ0v) is 6.86. The lowest BCUT2D eigenvalue weighted by Gasteiger charge is -1.90. The van der Waals surface area contributed by atoms with Crippen LogP contribution in [0, 0.1) is 0 Å². The average Bonchev–Trinajstić information content (AvgIpc) is 1.61. The van der Waals surface area contributed by atoms with Gasteiger partial charge in [0.1, 0.15) is 0 Å². The van der Waals surface area contributed by atoms with Crippen LogP contribution < -0.4 is 0 Å². The minimum Gasteiger partial charge on any atom is -0.109 e. The first-order chi connectivity index (χ1) is 3.27. The van der Waals surface area contributed by atoms with E-state index in [9.17, 15) is 0 Å². The van der Waals surface area contributed by atoms with Gasteiger partial charge in [-0.05, 0) is 16.6 Å². The van der Waals surface area contributed by atoms with E-state index in [0.29, 0.717) is 10.9 Å². The third-order valence-corrected chi connectivity index (χ3v) is 3.48. The summed E-state index contributed by atoms with van der Waals surface area (Å²) in [6.07, 6.45) is 4.56. The van der Waals surface area contributed by atoms with E-state index >= 15 is 0 Å². The van der Waals surface area contributed by atoms with Crippen molar-refractivity contribution >= 4 is 22.7 Å². The lowest BCUT2D eigenvalue weighted by atomic mass is 11.0. The first kappa shape index (κ1) is 7.70. The van der Waals surface area contributed by atoms with Crippen LogP contribution in [-0.4, -0.2) is 23.3 Å². The molecule has 0 saturated heterocycles. The van der Waals surface area contributed by atoms with Crippen LogP contribution in [0.2, 0.25) is 0 Å². The molecule has 2 heteroatoms. The summed E-state index contributed by atoms with van der Waals surface area (Å²) in [4.78, 5) is 0. The van der Waals surface area contributed by atoms with E-state index in [4.69, 9.17) is 0 Å². The van der Waals surface area contributed by atoms with Crippen molar-refractivity contribution in [3.63, 3.8) is 0 Å². The monoisotopic (exact) mass is 137 g/mol. The molecule has 0 radical (unpaired) electrons. The summed E-state index contributed by atoms with van der Waals surface area (Å²) in [6, 6.07) is 0. The average molecular weight is 137 g/mol. The molecule has 0 atom stereocenters. The molecule has 0 aliphatic rings. The van der Waals surface area contributed by atoms with Crippen LogP contribution in [0.25, 0.3) is 0 Å². The highest BCUT2D eigenvalue weighted by atomic mass is 32.2. The second kappa shape index (κ2) is 4.85. The normalized spacial score (nSPS) is 10.3.